The number of fused-ring (bicyclic) bond motifs is 1. The zero-order valence-electron chi connectivity index (χ0n) is 29.1. The summed E-state index contributed by atoms with van der Waals surface area (Å²) in [4.78, 5) is 2.12. The van der Waals surface area contributed by atoms with Gasteiger partial charge in [0.1, 0.15) is 0 Å². The van der Waals surface area contributed by atoms with Crippen LogP contribution in [0.4, 0.5) is 0 Å². The molecule has 48 heavy (non-hydrogen) atoms. The quantitative estimate of drug-likeness (QED) is 0.0692. The lowest BCUT2D eigenvalue weighted by atomic mass is 9.84. The van der Waals surface area contributed by atoms with Gasteiger partial charge in [0.2, 0.25) is 10.0 Å². The first-order chi connectivity index (χ1) is 23.1. The molecule has 1 aromatic heterocycles. The fourth-order valence-electron chi connectivity index (χ4n) is 6.99. The number of benzene rings is 2. The summed E-state index contributed by atoms with van der Waals surface area (Å²) in [6, 6.07) is 14.6. The van der Waals surface area contributed by atoms with Crippen molar-refractivity contribution in [3.8, 4) is 11.3 Å². The van der Waals surface area contributed by atoms with Crippen molar-refractivity contribution in [2.24, 2.45) is 12.1 Å². The fourth-order valence-corrected chi connectivity index (χ4v) is 8.41. The van der Waals surface area contributed by atoms with Gasteiger partial charge in [-0.15, -0.1) is 0 Å². The Morgan fingerprint density at radius 3 is 1.88 bits per heavy atom. The van der Waals surface area contributed by atoms with Gasteiger partial charge in [-0.05, 0) is 60.6 Å². The molecule has 10 heteroatoms. The molecule has 1 aliphatic rings. The maximum atomic E-state index is 12.9. The molecule has 266 valence electrons. The smallest absolute Gasteiger partial charge is 0.294 e. The summed E-state index contributed by atoms with van der Waals surface area (Å²) < 4.78 is 61.5. The van der Waals surface area contributed by atoms with E-state index in [2.05, 4.69) is 41.1 Å². The van der Waals surface area contributed by atoms with E-state index in [0.29, 0.717) is 23.2 Å². The first-order valence-electron chi connectivity index (χ1n) is 18.3. The highest BCUT2D eigenvalue weighted by atomic mass is 32.2. The van der Waals surface area contributed by atoms with E-state index in [1.807, 2.05) is 11.6 Å². The van der Waals surface area contributed by atoms with Crippen LogP contribution in [-0.4, -0.2) is 31.7 Å². The molecule has 0 aliphatic heterocycles. The molecular formula is C38H57N3O5S2. The molecule has 8 nitrogen and oxygen atoms in total. The molecule has 0 radical (unpaired) electrons. The molecule has 2 aromatic carbocycles. The standard InChI is InChI=1S/C38H57N3O5S2/c1-3-4-5-6-7-8-9-10-11-12-13-14-15-19-28-47(42,43)40-39-36-30-38(33-24-22-32(23-25-33)31-20-17-16-18-21-31)41(2)37-27-26-34(29-35(36)37)48(44,45)46/h22-27,29-31,40H,3-21,28H2,1-2H3,(H,44,45,46). The molecule has 0 amide bonds. The molecular weight excluding hydrogens is 643 g/mol. The Bertz CT molecular complexity index is 1730. The molecule has 1 heterocycles. The van der Waals surface area contributed by atoms with Crippen molar-refractivity contribution in [2.75, 3.05) is 5.75 Å². The second-order valence-corrected chi connectivity index (χ2v) is 16.9. The van der Waals surface area contributed by atoms with Gasteiger partial charge in [-0.2, -0.15) is 13.5 Å². The van der Waals surface area contributed by atoms with Gasteiger partial charge in [-0.1, -0.05) is 134 Å². The molecule has 1 fully saturated rings. The van der Waals surface area contributed by atoms with Gasteiger partial charge >= 0.3 is 0 Å². The van der Waals surface area contributed by atoms with Gasteiger partial charge in [0.25, 0.3) is 10.1 Å². The van der Waals surface area contributed by atoms with Crippen molar-refractivity contribution in [1.82, 2.24) is 9.40 Å². The van der Waals surface area contributed by atoms with Gasteiger partial charge < -0.3 is 4.57 Å². The Kier molecular flexibility index (Phi) is 15.0. The predicted octanol–water partition coefficient (Wildman–Crippen LogP) is 9.36. The average molecular weight is 700 g/mol. The number of nitrogens with one attached hydrogen (secondary N) is 1. The van der Waals surface area contributed by atoms with E-state index in [9.17, 15) is 21.4 Å². The van der Waals surface area contributed by atoms with E-state index in [4.69, 9.17) is 0 Å². The molecule has 0 atom stereocenters. The van der Waals surface area contributed by atoms with E-state index < -0.39 is 20.1 Å². The van der Waals surface area contributed by atoms with E-state index in [-0.39, 0.29) is 16.0 Å². The molecule has 0 spiro atoms. The third-order valence-corrected chi connectivity index (χ3v) is 11.9. The van der Waals surface area contributed by atoms with Crippen LogP contribution >= 0.6 is 0 Å². The third-order valence-electron chi connectivity index (χ3n) is 9.89. The Labute approximate surface area is 289 Å². The minimum absolute atomic E-state index is 0.0289. The first-order valence-corrected chi connectivity index (χ1v) is 21.4. The zero-order chi connectivity index (χ0) is 34.4. The summed E-state index contributed by atoms with van der Waals surface area (Å²) in [5.41, 5.74) is 3.74. The zero-order valence-corrected chi connectivity index (χ0v) is 30.8. The number of unbranched alkanes of at least 4 members (excludes halogenated alkanes) is 13. The highest BCUT2D eigenvalue weighted by Crippen LogP contribution is 2.34. The maximum Gasteiger partial charge on any atom is 0.294 e. The van der Waals surface area contributed by atoms with Crippen LogP contribution in [0.3, 0.4) is 0 Å². The highest BCUT2D eigenvalue weighted by Gasteiger charge is 2.17. The van der Waals surface area contributed by atoms with E-state index >= 15 is 0 Å². The molecule has 4 rings (SSSR count). The highest BCUT2D eigenvalue weighted by molar-refractivity contribution is 7.89. The van der Waals surface area contributed by atoms with Crippen LogP contribution in [-0.2, 0) is 27.2 Å². The molecule has 0 saturated heterocycles. The molecule has 2 N–H and O–H groups in total. The summed E-state index contributed by atoms with van der Waals surface area (Å²) in [5.74, 6) is 0.551. The van der Waals surface area contributed by atoms with Crippen molar-refractivity contribution in [3.63, 3.8) is 0 Å². The minimum Gasteiger partial charge on any atom is -0.344 e. The summed E-state index contributed by atoms with van der Waals surface area (Å²) in [5, 5.41) is 5.00. The van der Waals surface area contributed by atoms with E-state index in [1.165, 1.54) is 114 Å². The first kappa shape index (κ1) is 38.1. The lowest BCUT2D eigenvalue weighted by Crippen LogP contribution is -2.25. The number of hydrogen-bond donors (Lipinski definition) is 2. The van der Waals surface area contributed by atoms with Crippen molar-refractivity contribution >= 4 is 31.0 Å². The Balaban J connectivity index is 1.39. The number of pyridine rings is 1. The summed E-state index contributed by atoms with van der Waals surface area (Å²) >= 11 is 0. The van der Waals surface area contributed by atoms with Gasteiger partial charge in [0.05, 0.1) is 27.2 Å². The summed E-state index contributed by atoms with van der Waals surface area (Å²) in [6.45, 7) is 2.25. The molecule has 3 aromatic rings. The van der Waals surface area contributed by atoms with Crippen molar-refractivity contribution in [2.45, 2.75) is 140 Å². The number of hydrogen-bond acceptors (Lipinski definition) is 5. The van der Waals surface area contributed by atoms with Crippen LogP contribution in [0.1, 0.15) is 140 Å². The fraction of sp³-hybridized carbons (Fsp3) is 0.605. The predicted molar refractivity (Wildman–Crippen MR) is 197 cm³/mol. The number of sulfonamides is 1. The Morgan fingerprint density at radius 2 is 1.31 bits per heavy atom. The largest absolute Gasteiger partial charge is 0.344 e. The maximum absolute atomic E-state index is 12.9. The van der Waals surface area contributed by atoms with Crippen molar-refractivity contribution in [1.29, 1.82) is 0 Å². The lowest BCUT2D eigenvalue weighted by Gasteiger charge is -2.22. The second-order valence-electron chi connectivity index (χ2n) is 13.7. The molecule has 0 unspecified atom stereocenters. The van der Waals surface area contributed by atoms with Crippen LogP contribution < -0.4 is 10.2 Å². The Morgan fingerprint density at radius 1 is 0.750 bits per heavy atom. The normalized spacial score (nSPS) is 14.9. The van der Waals surface area contributed by atoms with Gasteiger partial charge in [-0.25, -0.2) is 13.2 Å². The lowest BCUT2D eigenvalue weighted by molar-refractivity contribution is 0.443. The molecule has 1 saturated carbocycles. The van der Waals surface area contributed by atoms with Gasteiger partial charge in [0, 0.05) is 12.4 Å². The van der Waals surface area contributed by atoms with Crippen LogP contribution in [0, 0.1) is 0 Å². The van der Waals surface area contributed by atoms with Crippen molar-refractivity contribution < 1.29 is 21.4 Å². The second kappa shape index (κ2) is 18.9. The van der Waals surface area contributed by atoms with Crippen LogP contribution in [0.15, 0.2) is 58.5 Å². The molecule has 0 bridgehead atoms. The topological polar surface area (TPSA) is 118 Å². The van der Waals surface area contributed by atoms with Gasteiger partial charge in [-0.3, -0.25) is 4.55 Å². The summed E-state index contributed by atoms with van der Waals surface area (Å²) in [7, 11) is -6.29. The minimum atomic E-state index is -4.47. The van der Waals surface area contributed by atoms with Crippen LogP contribution in [0.2, 0.25) is 0 Å². The monoisotopic (exact) mass is 699 g/mol. The number of aromatic nitrogens is 1. The van der Waals surface area contributed by atoms with Crippen LogP contribution in [0.25, 0.3) is 22.2 Å². The molecule has 1 aliphatic carbocycles. The number of nitrogens with zero attached hydrogens (tertiary/aromatic N) is 2. The Hall–Kier alpha value is -2.69. The van der Waals surface area contributed by atoms with Crippen LogP contribution in [0.5, 0.6) is 0 Å². The average Bonchev–Trinajstić information content (AvgIpc) is 3.08. The van der Waals surface area contributed by atoms with Gasteiger partial charge in [0.15, 0.2) is 0 Å². The third kappa shape index (κ3) is 11.7. The number of aryl methyl sites for hydroxylation is 1. The summed E-state index contributed by atoms with van der Waals surface area (Å²) in [6.07, 6.45) is 22.9. The number of rotatable bonds is 20. The van der Waals surface area contributed by atoms with Crippen molar-refractivity contribution in [3.05, 3.63) is 59.5 Å². The SMILES string of the molecule is CCCCCCCCCCCCCCCCS(=O)(=O)NN=c1cc(-c2ccc(C3CCCCC3)cc2)n(C)c2ccc(S(=O)(=O)O)cc12. The van der Waals surface area contributed by atoms with E-state index in [0.717, 1.165) is 30.5 Å². The van der Waals surface area contributed by atoms with E-state index in [1.54, 1.807) is 12.1 Å².